The van der Waals surface area contributed by atoms with Crippen molar-refractivity contribution in [1.29, 1.82) is 0 Å². The summed E-state index contributed by atoms with van der Waals surface area (Å²) in [6.45, 7) is 0. The standard InChI is InChI=1S/C22H16BrNO3/c1-26-20-12-14(11-17(23)22(20)25)7-10-21-24-18-13-16(8-9-19(18)27-21)15-5-3-2-4-6-15/h2-13,25H,1H3/b10-7+. The van der Waals surface area contributed by atoms with Crippen molar-refractivity contribution in [2.75, 3.05) is 7.11 Å². The summed E-state index contributed by atoms with van der Waals surface area (Å²) in [4.78, 5) is 4.55. The summed E-state index contributed by atoms with van der Waals surface area (Å²) in [5.74, 6) is 0.984. The molecule has 0 aliphatic heterocycles. The number of aromatic hydroxyl groups is 1. The van der Waals surface area contributed by atoms with Crippen molar-refractivity contribution in [3.8, 4) is 22.6 Å². The van der Waals surface area contributed by atoms with E-state index in [4.69, 9.17) is 9.15 Å². The van der Waals surface area contributed by atoms with Gasteiger partial charge in [0.1, 0.15) is 5.52 Å². The summed E-state index contributed by atoms with van der Waals surface area (Å²) in [5.41, 5.74) is 4.63. The number of phenols is 1. The van der Waals surface area contributed by atoms with Gasteiger partial charge in [0.15, 0.2) is 17.1 Å². The number of rotatable bonds is 4. The second-order valence-corrected chi connectivity index (χ2v) is 6.84. The maximum absolute atomic E-state index is 9.90. The zero-order chi connectivity index (χ0) is 18.8. The van der Waals surface area contributed by atoms with Gasteiger partial charge in [-0.3, -0.25) is 0 Å². The van der Waals surface area contributed by atoms with Gasteiger partial charge in [-0.05, 0) is 63.0 Å². The topological polar surface area (TPSA) is 55.5 Å². The van der Waals surface area contributed by atoms with Gasteiger partial charge in [-0.25, -0.2) is 4.98 Å². The van der Waals surface area contributed by atoms with Gasteiger partial charge in [0.05, 0.1) is 11.6 Å². The van der Waals surface area contributed by atoms with E-state index >= 15 is 0 Å². The molecule has 0 unspecified atom stereocenters. The van der Waals surface area contributed by atoms with Crippen LogP contribution in [0.15, 0.2) is 69.6 Å². The van der Waals surface area contributed by atoms with Crippen LogP contribution in [-0.2, 0) is 0 Å². The van der Waals surface area contributed by atoms with Crippen LogP contribution in [-0.4, -0.2) is 17.2 Å². The molecule has 0 radical (unpaired) electrons. The average molecular weight is 422 g/mol. The van der Waals surface area contributed by atoms with Crippen LogP contribution < -0.4 is 4.74 Å². The first-order chi connectivity index (χ1) is 13.1. The molecule has 27 heavy (non-hydrogen) atoms. The van der Waals surface area contributed by atoms with E-state index in [1.807, 2.05) is 42.5 Å². The molecule has 1 aromatic heterocycles. The van der Waals surface area contributed by atoms with E-state index in [0.29, 0.717) is 16.1 Å². The lowest BCUT2D eigenvalue weighted by Gasteiger charge is -2.06. The molecular formula is C22H16BrNO3. The van der Waals surface area contributed by atoms with E-state index in [2.05, 4.69) is 33.0 Å². The fraction of sp³-hybridized carbons (Fsp3) is 0.0455. The van der Waals surface area contributed by atoms with Crippen molar-refractivity contribution in [3.63, 3.8) is 0 Å². The Hall–Kier alpha value is -3.05. The van der Waals surface area contributed by atoms with Crippen molar-refractivity contribution in [2.24, 2.45) is 0 Å². The molecule has 3 aromatic carbocycles. The summed E-state index contributed by atoms with van der Waals surface area (Å²) in [7, 11) is 1.51. The molecule has 0 amide bonds. The van der Waals surface area contributed by atoms with Crippen molar-refractivity contribution in [3.05, 3.63) is 76.6 Å². The lowest BCUT2D eigenvalue weighted by molar-refractivity contribution is 0.372. The summed E-state index contributed by atoms with van der Waals surface area (Å²) >= 11 is 3.32. The number of oxazole rings is 1. The number of halogens is 1. The number of phenolic OH excluding ortho intramolecular Hbond substituents is 1. The number of aromatic nitrogens is 1. The molecule has 5 heteroatoms. The zero-order valence-electron chi connectivity index (χ0n) is 14.5. The van der Waals surface area contributed by atoms with Crippen LogP contribution in [0, 0.1) is 0 Å². The van der Waals surface area contributed by atoms with E-state index in [1.165, 1.54) is 7.11 Å². The minimum atomic E-state index is 0.0740. The van der Waals surface area contributed by atoms with Gasteiger partial charge < -0.3 is 14.3 Å². The largest absolute Gasteiger partial charge is 0.503 e. The number of hydrogen-bond donors (Lipinski definition) is 1. The quantitative estimate of drug-likeness (QED) is 0.429. The monoisotopic (exact) mass is 421 g/mol. The van der Waals surface area contributed by atoms with E-state index in [-0.39, 0.29) is 5.75 Å². The summed E-state index contributed by atoms with van der Waals surface area (Å²) < 4.78 is 11.5. The molecule has 4 aromatic rings. The average Bonchev–Trinajstić information content (AvgIpc) is 3.11. The molecule has 0 bridgehead atoms. The van der Waals surface area contributed by atoms with E-state index in [0.717, 1.165) is 27.8 Å². The van der Waals surface area contributed by atoms with Gasteiger partial charge in [0, 0.05) is 6.08 Å². The van der Waals surface area contributed by atoms with Gasteiger partial charge in [-0.2, -0.15) is 0 Å². The third-order valence-electron chi connectivity index (χ3n) is 4.20. The van der Waals surface area contributed by atoms with Crippen molar-refractivity contribution in [2.45, 2.75) is 0 Å². The number of fused-ring (bicyclic) bond motifs is 1. The van der Waals surface area contributed by atoms with E-state index < -0.39 is 0 Å². The van der Waals surface area contributed by atoms with Crippen molar-refractivity contribution < 1.29 is 14.3 Å². The van der Waals surface area contributed by atoms with Crippen LogP contribution in [0.2, 0.25) is 0 Å². The molecule has 0 saturated heterocycles. The van der Waals surface area contributed by atoms with Crippen LogP contribution in [0.3, 0.4) is 0 Å². The maximum atomic E-state index is 9.90. The lowest BCUT2D eigenvalue weighted by Crippen LogP contribution is -1.85. The van der Waals surface area contributed by atoms with Crippen LogP contribution in [0.25, 0.3) is 34.4 Å². The third-order valence-corrected chi connectivity index (χ3v) is 4.80. The Morgan fingerprint density at radius 1 is 1.00 bits per heavy atom. The molecule has 0 aliphatic rings. The van der Waals surface area contributed by atoms with Crippen LogP contribution in [0.1, 0.15) is 11.5 Å². The summed E-state index contributed by atoms with van der Waals surface area (Å²) in [6.07, 6.45) is 3.65. The predicted molar refractivity (Wildman–Crippen MR) is 111 cm³/mol. The first-order valence-corrected chi connectivity index (χ1v) is 9.14. The maximum Gasteiger partial charge on any atom is 0.220 e. The fourth-order valence-corrected chi connectivity index (χ4v) is 3.30. The normalized spacial score (nSPS) is 11.3. The Morgan fingerprint density at radius 2 is 1.81 bits per heavy atom. The number of hydrogen-bond acceptors (Lipinski definition) is 4. The third kappa shape index (κ3) is 3.59. The smallest absolute Gasteiger partial charge is 0.220 e. The van der Waals surface area contributed by atoms with Gasteiger partial charge in [0.2, 0.25) is 5.89 Å². The second-order valence-electron chi connectivity index (χ2n) is 5.99. The molecule has 0 aliphatic carbocycles. The molecule has 4 rings (SSSR count). The Balaban J connectivity index is 1.65. The molecule has 1 N–H and O–H groups in total. The molecule has 0 spiro atoms. The van der Waals surface area contributed by atoms with E-state index in [1.54, 1.807) is 18.2 Å². The Morgan fingerprint density at radius 3 is 2.59 bits per heavy atom. The molecular weight excluding hydrogens is 406 g/mol. The minimum Gasteiger partial charge on any atom is -0.503 e. The van der Waals surface area contributed by atoms with E-state index in [9.17, 15) is 5.11 Å². The van der Waals surface area contributed by atoms with Gasteiger partial charge in [-0.15, -0.1) is 0 Å². The van der Waals surface area contributed by atoms with Crippen molar-refractivity contribution in [1.82, 2.24) is 4.98 Å². The van der Waals surface area contributed by atoms with Gasteiger partial charge in [-0.1, -0.05) is 36.4 Å². The molecule has 0 saturated carbocycles. The highest BCUT2D eigenvalue weighted by atomic mass is 79.9. The van der Waals surface area contributed by atoms with Gasteiger partial charge in [0.25, 0.3) is 0 Å². The number of methoxy groups -OCH3 is 1. The molecule has 0 atom stereocenters. The number of benzene rings is 3. The zero-order valence-corrected chi connectivity index (χ0v) is 16.1. The Bertz CT molecular complexity index is 1130. The van der Waals surface area contributed by atoms with Crippen LogP contribution in [0.4, 0.5) is 0 Å². The molecule has 4 nitrogen and oxygen atoms in total. The lowest BCUT2D eigenvalue weighted by atomic mass is 10.1. The second kappa shape index (κ2) is 7.29. The fourth-order valence-electron chi connectivity index (χ4n) is 2.84. The highest BCUT2D eigenvalue weighted by Gasteiger charge is 2.08. The summed E-state index contributed by atoms with van der Waals surface area (Å²) in [6, 6.07) is 19.7. The number of ether oxygens (including phenoxy) is 1. The molecule has 1 heterocycles. The molecule has 0 fully saturated rings. The minimum absolute atomic E-state index is 0.0740. The Kier molecular flexibility index (Phi) is 4.69. The Labute approximate surface area is 164 Å². The number of nitrogens with zero attached hydrogens (tertiary/aromatic N) is 1. The molecule has 134 valence electrons. The van der Waals surface area contributed by atoms with Crippen molar-refractivity contribution >= 4 is 39.2 Å². The first-order valence-electron chi connectivity index (χ1n) is 8.34. The van der Waals surface area contributed by atoms with Crippen LogP contribution >= 0.6 is 15.9 Å². The van der Waals surface area contributed by atoms with Gasteiger partial charge >= 0.3 is 0 Å². The summed E-state index contributed by atoms with van der Waals surface area (Å²) in [5, 5.41) is 9.90. The predicted octanol–water partition coefficient (Wildman–Crippen LogP) is 6.14. The SMILES string of the molecule is COc1cc(/C=C/c2nc3cc(-c4ccccc4)ccc3o2)cc(Br)c1O. The first kappa shape index (κ1) is 17.4. The highest BCUT2D eigenvalue weighted by molar-refractivity contribution is 9.10. The highest BCUT2D eigenvalue weighted by Crippen LogP contribution is 2.35. The van der Waals surface area contributed by atoms with Crippen LogP contribution in [0.5, 0.6) is 11.5 Å².